The molecule has 21 heavy (non-hydrogen) atoms. The van der Waals surface area contributed by atoms with Gasteiger partial charge in [0.2, 0.25) is 0 Å². The Labute approximate surface area is 123 Å². The monoisotopic (exact) mass is 289 g/mol. The van der Waals surface area contributed by atoms with Crippen LogP contribution in [-0.4, -0.2) is 21.0 Å². The molecule has 2 rings (SSSR count). The van der Waals surface area contributed by atoms with Crippen LogP contribution in [0.1, 0.15) is 31.4 Å². The number of hydrogen-bond donors (Lipinski definition) is 2. The molecule has 1 atom stereocenters. The zero-order chi connectivity index (χ0) is 15.2. The summed E-state index contributed by atoms with van der Waals surface area (Å²) in [5.41, 5.74) is 7.15. The second-order valence-electron chi connectivity index (χ2n) is 4.93. The van der Waals surface area contributed by atoms with Crippen LogP contribution in [0.15, 0.2) is 36.5 Å². The fraction of sp³-hybridized carbons (Fsp3) is 0.333. The zero-order valence-corrected chi connectivity index (χ0v) is 11.9. The van der Waals surface area contributed by atoms with Crippen molar-refractivity contribution in [2.75, 3.05) is 5.73 Å². The highest BCUT2D eigenvalue weighted by Crippen LogP contribution is 2.26. The van der Waals surface area contributed by atoms with Gasteiger partial charge in [0.25, 0.3) is 0 Å². The lowest BCUT2D eigenvalue weighted by molar-refractivity contribution is 0.144. The minimum absolute atomic E-state index is 0.0809. The third-order valence-electron chi connectivity index (χ3n) is 3.34. The minimum Gasteiger partial charge on any atom is -0.449 e. The van der Waals surface area contributed by atoms with Crippen molar-refractivity contribution in [1.82, 2.24) is 9.78 Å². The first-order valence-corrected chi connectivity index (χ1v) is 6.85. The summed E-state index contributed by atoms with van der Waals surface area (Å²) in [6.07, 6.45) is 2.83. The molecule has 0 saturated carbocycles. The van der Waals surface area contributed by atoms with E-state index >= 15 is 0 Å². The van der Waals surface area contributed by atoms with E-state index in [1.165, 1.54) is 11.8 Å². The van der Waals surface area contributed by atoms with Crippen molar-refractivity contribution in [2.45, 2.75) is 32.2 Å². The molecule has 3 N–H and O–H groups in total. The van der Waals surface area contributed by atoms with E-state index in [0.717, 1.165) is 19.3 Å². The van der Waals surface area contributed by atoms with Crippen molar-refractivity contribution >= 4 is 12.0 Å². The average molecular weight is 289 g/mol. The van der Waals surface area contributed by atoms with Crippen LogP contribution in [0.5, 0.6) is 5.75 Å². The molecule has 0 aliphatic carbocycles. The molecule has 0 aliphatic rings. The first kappa shape index (κ1) is 14.9. The van der Waals surface area contributed by atoms with Crippen molar-refractivity contribution in [2.24, 2.45) is 0 Å². The third kappa shape index (κ3) is 3.98. The van der Waals surface area contributed by atoms with Crippen LogP contribution in [0.2, 0.25) is 0 Å². The van der Waals surface area contributed by atoms with Gasteiger partial charge in [0.1, 0.15) is 0 Å². The number of aromatic nitrogens is 2. The van der Waals surface area contributed by atoms with E-state index in [0.29, 0.717) is 0 Å². The van der Waals surface area contributed by atoms with Crippen LogP contribution in [0.25, 0.3) is 0 Å². The number of nitrogens with zero attached hydrogens (tertiary/aromatic N) is 2. The number of aryl methyl sites for hydroxylation is 1. The van der Waals surface area contributed by atoms with Crippen LogP contribution in [-0.2, 0) is 6.42 Å². The van der Waals surface area contributed by atoms with Crippen LogP contribution < -0.4 is 10.5 Å². The zero-order valence-electron chi connectivity index (χ0n) is 11.9. The van der Waals surface area contributed by atoms with Crippen LogP contribution >= 0.6 is 0 Å². The first-order chi connectivity index (χ1) is 10.1. The average Bonchev–Trinajstić information content (AvgIpc) is 2.81. The number of anilines is 1. The Bertz CT molecular complexity index is 595. The Morgan fingerprint density at radius 2 is 2.14 bits per heavy atom. The fourth-order valence-electron chi connectivity index (χ4n) is 2.25. The van der Waals surface area contributed by atoms with E-state index < -0.39 is 6.16 Å². The predicted octanol–water partition coefficient (Wildman–Crippen LogP) is 3.11. The number of carboxylic acid groups (broad SMARTS) is 1. The Kier molecular flexibility index (Phi) is 4.81. The molecule has 6 heteroatoms. The van der Waals surface area contributed by atoms with E-state index in [-0.39, 0.29) is 17.6 Å². The quantitative estimate of drug-likeness (QED) is 0.797. The lowest BCUT2D eigenvalue weighted by Gasteiger charge is -2.13. The Morgan fingerprint density at radius 3 is 2.81 bits per heavy atom. The highest BCUT2D eigenvalue weighted by atomic mass is 16.7. The summed E-state index contributed by atoms with van der Waals surface area (Å²) in [6.45, 7) is 2.00. The molecule has 1 unspecified atom stereocenters. The Hall–Kier alpha value is -2.50. The largest absolute Gasteiger partial charge is 0.511 e. The summed E-state index contributed by atoms with van der Waals surface area (Å²) in [7, 11) is 0. The third-order valence-corrected chi connectivity index (χ3v) is 3.34. The van der Waals surface area contributed by atoms with Gasteiger partial charge in [0, 0.05) is 0 Å². The van der Waals surface area contributed by atoms with Gasteiger partial charge in [0.05, 0.1) is 12.2 Å². The van der Waals surface area contributed by atoms with Crippen molar-refractivity contribution in [3.8, 4) is 5.75 Å². The maximum atomic E-state index is 10.5. The molecule has 0 fully saturated rings. The summed E-state index contributed by atoms with van der Waals surface area (Å²) in [5.74, 6) is 0.321. The highest BCUT2D eigenvalue weighted by molar-refractivity contribution is 5.64. The Balaban J connectivity index is 1.90. The topological polar surface area (TPSA) is 90.4 Å². The normalized spacial score (nSPS) is 12.0. The van der Waals surface area contributed by atoms with Crippen LogP contribution in [0.4, 0.5) is 10.6 Å². The van der Waals surface area contributed by atoms with Crippen molar-refractivity contribution in [3.05, 3.63) is 42.1 Å². The molecule has 0 radical (unpaired) electrons. The van der Waals surface area contributed by atoms with Gasteiger partial charge in [-0.05, 0) is 31.7 Å². The van der Waals surface area contributed by atoms with Gasteiger partial charge in [-0.1, -0.05) is 30.3 Å². The minimum atomic E-state index is -1.39. The summed E-state index contributed by atoms with van der Waals surface area (Å²) in [4.78, 5) is 10.5. The summed E-state index contributed by atoms with van der Waals surface area (Å²) in [6, 6.07) is 10.3. The van der Waals surface area contributed by atoms with Crippen LogP contribution in [0.3, 0.4) is 0 Å². The van der Waals surface area contributed by atoms with Gasteiger partial charge < -0.3 is 15.6 Å². The molecule has 0 bridgehead atoms. The molecule has 0 saturated heterocycles. The van der Waals surface area contributed by atoms with Gasteiger partial charge >= 0.3 is 6.16 Å². The van der Waals surface area contributed by atoms with E-state index in [1.54, 1.807) is 4.68 Å². The highest BCUT2D eigenvalue weighted by Gasteiger charge is 2.15. The van der Waals surface area contributed by atoms with Crippen molar-refractivity contribution in [3.63, 3.8) is 0 Å². The summed E-state index contributed by atoms with van der Waals surface area (Å²) in [5, 5.41) is 12.7. The number of ether oxygens (including phenoxy) is 1. The molecule has 1 heterocycles. The maximum Gasteiger partial charge on any atom is 0.511 e. The smallest absolute Gasteiger partial charge is 0.449 e. The first-order valence-electron chi connectivity index (χ1n) is 6.85. The molecule has 0 amide bonds. The number of nitrogens with two attached hydrogens (primary N) is 1. The molecular formula is C15H19N3O3. The number of rotatable bonds is 6. The lowest BCUT2D eigenvalue weighted by atomic mass is 10.1. The van der Waals surface area contributed by atoms with Crippen molar-refractivity contribution in [1.29, 1.82) is 0 Å². The van der Waals surface area contributed by atoms with Gasteiger partial charge in [-0.15, -0.1) is 0 Å². The summed E-state index contributed by atoms with van der Waals surface area (Å²) < 4.78 is 6.16. The van der Waals surface area contributed by atoms with Gasteiger partial charge in [-0.25, -0.2) is 9.48 Å². The van der Waals surface area contributed by atoms with Crippen LogP contribution in [0, 0.1) is 0 Å². The van der Waals surface area contributed by atoms with Gasteiger partial charge in [-0.2, -0.15) is 5.10 Å². The second kappa shape index (κ2) is 6.78. The number of benzene rings is 1. The van der Waals surface area contributed by atoms with Crippen molar-refractivity contribution < 1.29 is 14.6 Å². The van der Waals surface area contributed by atoms with Gasteiger partial charge in [-0.3, -0.25) is 0 Å². The molecule has 1 aromatic heterocycles. The van der Waals surface area contributed by atoms with E-state index in [9.17, 15) is 4.79 Å². The van der Waals surface area contributed by atoms with E-state index in [4.69, 9.17) is 10.8 Å². The SMILES string of the molecule is CC(CCCc1ccccc1)n1ncc(OC(=O)O)c1N. The van der Waals surface area contributed by atoms with E-state index in [1.807, 2.05) is 25.1 Å². The van der Waals surface area contributed by atoms with Gasteiger partial charge in [0.15, 0.2) is 11.6 Å². The Morgan fingerprint density at radius 1 is 1.43 bits per heavy atom. The molecule has 2 aromatic rings. The predicted molar refractivity (Wildman–Crippen MR) is 79.4 cm³/mol. The standard InChI is InChI=1S/C15H19N3O3/c1-11(6-5-9-12-7-3-2-4-8-12)18-14(16)13(10-17-18)21-15(19)20/h2-4,7-8,10-11H,5-6,9,16H2,1H3,(H,19,20). The molecule has 0 aliphatic heterocycles. The fourth-order valence-corrected chi connectivity index (χ4v) is 2.25. The lowest BCUT2D eigenvalue weighted by Crippen LogP contribution is -2.11. The summed E-state index contributed by atoms with van der Waals surface area (Å²) >= 11 is 0. The molecule has 0 spiro atoms. The maximum absolute atomic E-state index is 10.5. The molecular weight excluding hydrogens is 270 g/mol. The number of nitrogen functional groups attached to an aromatic ring is 1. The molecule has 1 aromatic carbocycles. The molecule has 112 valence electrons. The molecule has 6 nitrogen and oxygen atoms in total. The second-order valence-corrected chi connectivity index (χ2v) is 4.93. The van der Waals surface area contributed by atoms with E-state index in [2.05, 4.69) is 22.0 Å². The number of hydrogen-bond acceptors (Lipinski definition) is 4. The number of carbonyl (C=O) groups is 1.